The highest BCUT2D eigenvalue weighted by Gasteiger charge is 2.36. The number of benzene rings is 1. The number of nitrogens with one attached hydrogen (secondary N) is 7. The average molecular weight is 821 g/mol. The zero-order valence-electron chi connectivity index (χ0n) is 33.9. The van der Waals surface area contributed by atoms with Crippen LogP contribution in [0.1, 0.15) is 80.2 Å². The van der Waals surface area contributed by atoms with E-state index in [9.17, 15) is 48.3 Å². The van der Waals surface area contributed by atoms with Gasteiger partial charge in [-0.2, -0.15) is 0 Å². The molecule has 0 radical (unpaired) electrons. The van der Waals surface area contributed by atoms with E-state index in [1.807, 2.05) is 6.92 Å². The van der Waals surface area contributed by atoms with Crippen molar-refractivity contribution in [3.8, 4) is 0 Å². The first-order valence-electron chi connectivity index (χ1n) is 18.9. The summed E-state index contributed by atoms with van der Waals surface area (Å²) in [6.45, 7) is 13.2. The van der Waals surface area contributed by atoms with Gasteiger partial charge < -0.3 is 48.1 Å². The van der Waals surface area contributed by atoms with Crippen LogP contribution in [0.3, 0.4) is 0 Å². The first-order chi connectivity index (χ1) is 26.7. The Kier molecular flexibility index (Phi) is 22.0. The fourth-order valence-corrected chi connectivity index (χ4v) is 6.32. The smallest absolute Gasteiger partial charge is 0.305 e. The van der Waals surface area contributed by atoms with Crippen molar-refractivity contribution in [2.24, 2.45) is 23.5 Å². The Morgan fingerprint density at radius 3 is 1.60 bits per heavy atom. The molecule has 1 rings (SSSR count). The molecule has 0 heterocycles. The number of thioether (sulfide) groups is 1. The highest BCUT2D eigenvalue weighted by Crippen LogP contribution is 2.14. The van der Waals surface area contributed by atoms with E-state index >= 15 is 0 Å². The topological polar surface area (TPSA) is 284 Å². The number of carboxylic acids is 1. The number of hydrogen-bond acceptors (Lipinski definition) is 10. The van der Waals surface area contributed by atoms with Crippen molar-refractivity contribution in [2.75, 3.05) is 11.6 Å². The number of primary amides is 1. The molecule has 0 aliphatic rings. The Bertz CT molecular complexity index is 1560. The molecule has 0 spiro atoms. The van der Waals surface area contributed by atoms with Crippen LogP contribution in [0.25, 0.3) is 0 Å². The van der Waals surface area contributed by atoms with Crippen molar-refractivity contribution < 1.29 is 48.3 Å². The number of nitrogens with two attached hydrogens (primary N) is 1. The molecule has 19 heteroatoms. The molecule has 1 aromatic rings. The monoisotopic (exact) mass is 820 g/mol. The zero-order valence-corrected chi connectivity index (χ0v) is 34.7. The average Bonchev–Trinajstić information content (AvgIpc) is 3.14. The van der Waals surface area contributed by atoms with Gasteiger partial charge in [0.2, 0.25) is 47.3 Å². The lowest BCUT2D eigenvalue weighted by Gasteiger charge is -2.31. The van der Waals surface area contributed by atoms with E-state index in [4.69, 9.17) is 5.73 Å². The maximum absolute atomic E-state index is 14.0. The third-order valence-electron chi connectivity index (χ3n) is 9.19. The van der Waals surface area contributed by atoms with E-state index in [0.29, 0.717) is 18.4 Å². The fourth-order valence-electron chi connectivity index (χ4n) is 5.42. The van der Waals surface area contributed by atoms with Gasteiger partial charge >= 0.3 is 5.97 Å². The molecule has 0 aromatic heterocycles. The van der Waals surface area contributed by atoms with Crippen molar-refractivity contribution in [2.45, 2.75) is 117 Å². The molecule has 0 aliphatic heterocycles. The van der Waals surface area contributed by atoms with Crippen molar-refractivity contribution in [1.29, 1.82) is 0 Å². The van der Waals surface area contributed by atoms with Crippen molar-refractivity contribution in [3.05, 3.63) is 35.9 Å². The van der Waals surface area contributed by atoms with Gasteiger partial charge in [-0.3, -0.25) is 43.2 Å². The predicted octanol–water partition coefficient (Wildman–Crippen LogP) is -0.307. The molecular weight excluding hydrogens is 761 g/mol. The Morgan fingerprint density at radius 1 is 0.632 bits per heavy atom. The fraction of sp³-hybridized carbons (Fsp3) is 0.605. The summed E-state index contributed by atoms with van der Waals surface area (Å²) in [6.07, 6.45) is -0.00565. The highest BCUT2D eigenvalue weighted by atomic mass is 32.2. The number of carbonyl (C=O) groups excluding carboxylic acids is 8. The van der Waals surface area contributed by atoms with Gasteiger partial charge in [-0.05, 0) is 23.3 Å². The quantitative estimate of drug-likeness (QED) is 0.0456. The van der Waals surface area contributed by atoms with Crippen LogP contribution in [0.4, 0.5) is 0 Å². The minimum Gasteiger partial charge on any atom is -0.481 e. The molecule has 8 amide bonds. The van der Waals surface area contributed by atoms with Gasteiger partial charge in [0.05, 0.1) is 12.3 Å². The zero-order chi connectivity index (χ0) is 43.4. The third kappa shape index (κ3) is 18.1. The Balaban J connectivity index is 3.40. The van der Waals surface area contributed by atoms with E-state index in [1.54, 1.807) is 65.0 Å². The van der Waals surface area contributed by atoms with Crippen LogP contribution in [-0.4, -0.2) is 106 Å². The second-order valence-corrected chi connectivity index (χ2v) is 15.3. The number of carboxylic acid groups (broad SMARTS) is 1. The summed E-state index contributed by atoms with van der Waals surface area (Å²) in [7, 11) is 0. The van der Waals surface area contributed by atoms with Crippen molar-refractivity contribution in [3.63, 3.8) is 0 Å². The molecule has 1 aromatic carbocycles. The van der Waals surface area contributed by atoms with Crippen LogP contribution >= 0.6 is 11.8 Å². The molecule has 318 valence electrons. The van der Waals surface area contributed by atoms with E-state index < -0.39 is 102 Å². The van der Waals surface area contributed by atoms with Gasteiger partial charge in [-0.1, -0.05) is 84.7 Å². The molecule has 57 heavy (non-hydrogen) atoms. The highest BCUT2D eigenvalue weighted by molar-refractivity contribution is 7.99. The molecule has 0 saturated carbocycles. The number of rotatable bonds is 25. The minimum absolute atomic E-state index is 0.0698. The van der Waals surface area contributed by atoms with Crippen LogP contribution in [0.2, 0.25) is 0 Å². The summed E-state index contributed by atoms with van der Waals surface area (Å²) in [4.78, 5) is 115. The van der Waals surface area contributed by atoms with Gasteiger partial charge in [0.1, 0.15) is 36.3 Å². The van der Waals surface area contributed by atoms with Crippen LogP contribution in [0, 0.1) is 17.8 Å². The second-order valence-electron chi connectivity index (χ2n) is 14.3. The van der Waals surface area contributed by atoms with Crippen LogP contribution in [-0.2, 0) is 49.6 Å². The summed E-state index contributed by atoms with van der Waals surface area (Å²) in [5.74, 6) is -8.22. The van der Waals surface area contributed by atoms with Crippen LogP contribution in [0.15, 0.2) is 30.3 Å². The standard InChI is InChI=1S/C38H60N8O10S/c1-9-21(5)31(41-24(8)48)38(56)45-30(20(3)4)36(54)46-32(22(6)10-2)37(55)43-26(16-25-14-12-11-13-15-25)34(52)42-27(17-29(49)50)35(53)44-28(33(39)51)18-57-19-40-23(7)47/h11-15,20-22,26-28,30-32H,9-10,16-19H2,1-8H3,(H2,39,51)(H,40,47)(H,41,48)(H,42,52)(H,43,55)(H,44,53)(H,45,56)(H,46,54)(H,49,50)/t21-,22-,26-,27-,28-,30-,31-,32-/m0/s1. The van der Waals surface area contributed by atoms with E-state index in [-0.39, 0.29) is 29.9 Å². The predicted molar refractivity (Wildman–Crippen MR) is 214 cm³/mol. The molecule has 0 fully saturated rings. The van der Waals surface area contributed by atoms with Gasteiger partial charge in [0.25, 0.3) is 0 Å². The lowest BCUT2D eigenvalue weighted by atomic mass is 9.94. The Labute approximate surface area is 338 Å². The summed E-state index contributed by atoms with van der Waals surface area (Å²) < 4.78 is 0. The van der Waals surface area contributed by atoms with Crippen LogP contribution in [0.5, 0.6) is 0 Å². The van der Waals surface area contributed by atoms with E-state index in [2.05, 4.69) is 37.2 Å². The SMILES string of the molecule is CC[C@H](C)[C@H](NC(C)=O)C(=O)N[C@H](C(=O)N[C@H](C(=O)N[C@@H](Cc1ccccc1)C(=O)N[C@@H](CC(=O)O)C(=O)N[C@@H](CSCNC(C)=O)C(N)=O)[C@@H](C)CC)C(C)C. The first kappa shape index (κ1) is 49.8. The van der Waals surface area contributed by atoms with Crippen molar-refractivity contribution in [1.82, 2.24) is 37.2 Å². The first-order valence-corrected chi connectivity index (χ1v) is 20.0. The summed E-state index contributed by atoms with van der Waals surface area (Å²) in [5, 5.41) is 27.6. The number of amides is 8. The molecule has 0 unspecified atom stereocenters. The Morgan fingerprint density at radius 2 is 1.11 bits per heavy atom. The maximum Gasteiger partial charge on any atom is 0.305 e. The van der Waals surface area contributed by atoms with E-state index in [1.165, 1.54) is 13.8 Å². The molecule has 0 bridgehead atoms. The third-order valence-corrected chi connectivity index (χ3v) is 10.1. The lowest BCUT2D eigenvalue weighted by molar-refractivity contribution is -0.141. The van der Waals surface area contributed by atoms with E-state index in [0.717, 1.165) is 11.8 Å². The summed E-state index contributed by atoms with van der Waals surface area (Å²) in [5.41, 5.74) is 6.05. The summed E-state index contributed by atoms with van der Waals surface area (Å²) in [6, 6.07) is 0.955. The van der Waals surface area contributed by atoms with Crippen LogP contribution < -0.4 is 43.0 Å². The molecule has 18 nitrogen and oxygen atoms in total. The number of carbonyl (C=O) groups is 9. The number of aliphatic carboxylic acids is 1. The minimum atomic E-state index is -1.70. The van der Waals surface area contributed by atoms with Gasteiger partial charge in [0, 0.05) is 26.0 Å². The molecular formula is C38H60N8O10S. The van der Waals surface area contributed by atoms with Gasteiger partial charge in [-0.25, -0.2) is 0 Å². The molecule has 8 atom stereocenters. The molecule has 0 saturated heterocycles. The molecule has 10 N–H and O–H groups in total. The summed E-state index contributed by atoms with van der Waals surface area (Å²) >= 11 is 1.07. The lowest BCUT2D eigenvalue weighted by Crippen LogP contribution is -2.62. The van der Waals surface area contributed by atoms with Crippen molar-refractivity contribution >= 4 is 65.0 Å². The second kappa shape index (κ2) is 25.1. The number of hydrogen-bond donors (Lipinski definition) is 9. The normalized spacial score (nSPS) is 15.2. The van der Waals surface area contributed by atoms with Gasteiger partial charge in [0.15, 0.2) is 0 Å². The Hall–Kier alpha value is -5.20. The largest absolute Gasteiger partial charge is 0.481 e. The van der Waals surface area contributed by atoms with Gasteiger partial charge in [-0.15, -0.1) is 11.8 Å². The molecule has 0 aliphatic carbocycles. The maximum atomic E-state index is 14.0.